The number of rotatable bonds is 9. The minimum Gasteiger partial charge on any atom is -0.312 e. The van der Waals surface area contributed by atoms with Crippen LogP contribution in [0.2, 0.25) is 0 Å². The van der Waals surface area contributed by atoms with Gasteiger partial charge in [0.15, 0.2) is 0 Å². The predicted molar refractivity (Wildman–Crippen MR) is 80.1 cm³/mol. The lowest BCUT2D eigenvalue weighted by molar-refractivity contribution is 0.358. The molecule has 1 aromatic rings. The van der Waals surface area contributed by atoms with Crippen LogP contribution in [0.15, 0.2) is 16.3 Å². The summed E-state index contributed by atoms with van der Waals surface area (Å²) in [6.07, 6.45) is 0. The van der Waals surface area contributed by atoms with Gasteiger partial charge < -0.3 is 10.2 Å². The van der Waals surface area contributed by atoms with Gasteiger partial charge in [-0.15, -0.1) is 11.3 Å². The van der Waals surface area contributed by atoms with Gasteiger partial charge in [-0.3, -0.25) is 0 Å². The smallest absolute Gasteiger partial charge is 0.241 e. The molecule has 0 spiro atoms. The molecule has 1 heterocycles. The van der Waals surface area contributed by atoms with Gasteiger partial charge in [0, 0.05) is 24.5 Å². The lowest BCUT2D eigenvalue weighted by Gasteiger charge is -2.14. The summed E-state index contributed by atoms with van der Waals surface area (Å²) < 4.78 is 27.0. The summed E-state index contributed by atoms with van der Waals surface area (Å²) >= 11 is 1.47. The second kappa shape index (κ2) is 7.96. The van der Waals surface area contributed by atoms with Gasteiger partial charge in [-0.25, -0.2) is 13.1 Å². The highest BCUT2D eigenvalue weighted by atomic mass is 32.2. The largest absolute Gasteiger partial charge is 0.312 e. The fourth-order valence-electron chi connectivity index (χ4n) is 1.54. The van der Waals surface area contributed by atoms with E-state index in [9.17, 15) is 8.42 Å². The minimum absolute atomic E-state index is 0.401. The van der Waals surface area contributed by atoms with Gasteiger partial charge in [0.1, 0.15) is 0 Å². The van der Waals surface area contributed by atoms with Crippen LogP contribution in [0.5, 0.6) is 0 Å². The second-order valence-corrected chi connectivity index (χ2v) is 7.02. The molecule has 0 saturated heterocycles. The molecule has 0 amide bonds. The van der Waals surface area contributed by atoms with Crippen molar-refractivity contribution in [3.63, 3.8) is 0 Å². The molecule has 0 fully saturated rings. The van der Waals surface area contributed by atoms with Crippen LogP contribution in [0, 0.1) is 0 Å². The SMILES string of the molecule is CCNCc1sccc1S(=O)(=O)NCCN(C)CC. The summed E-state index contributed by atoms with van der Waals surface area (Å²) in [4.78, 5) is 3.33. The molecule has 7 heteroatoms. The average molecular weight is 305 g/mol. The maximum absolute atomic E-state index is 12.2. The van der Waals surface area contributed by atoms with Gasteiger partial charge in [-0.1, -0.05) is 13.8 Å². The van der Waals surface area contributed by atoms with E-state index >= 15 is 0 Å². The standard InChI is InChI=1S/C12H23N3O2S2/c1-4-13-10-11-12(6-9-18-11)19(16,17)14-7-8-15(3)5-2/h6,9,13-14H,4-5,7-8,10H2,1-3H3. The Bertz CT molecular complexity index is 471. The summed E-state index contributed by atoms with van der Waals surface area (Å²) in [7, 11) is -1.42. The van der Waals surface area contributed by atoms with Crippen LogP contribution in [-0.4, -0.2) is 46.5 Å². The number of hydrogen-bond acceptors (Lipinski definition) is 5. The maximum atomic E-state index is 12.2. The second-order valence-electron chi connectivity index (χ2n) is 4.28. The summed E-state index contributed by atoms with van der Waals surface area (Å²) in [5.74, 6) is 0. The summed E-state index contributed by atoms with van der Waals surface area (Å²) in [6.45, 7) is 7.52. The zero-order chi connectivity index (χ0) is 14.3. The Morgan fingerprint density at radius 1 is 1.37 bits per heavy atom. The number of nitrogens with zero attached hydrogens (tertiary/aromatic N) is 1. The quantitative estimate of drug-likeness (QED) is 0.717. The molecule has 19 heavy (non-hydrogen) atoms. The molecule has 5 nitrogen and oxygen atoms in total. The van der Waals surface area contributed by atoms with Crippen LogP contribution in [0.3, 0.4) is 0 Å². The van der Waals surface area contributed by atoms with Crippen LogP contribution in [0.4, 0.5) is 0 Å². The van der Waals surface area contributed by atoms with E-state index < -0.39 is 10.0 Å². The normalized spacial score (nSPS) is 12.2. The third kappa shape index (κ3) is 5.19. The molecule has 0 aromatic carbocycles. The first-order chi connectivity index (χ1) is 9.01. The Balaban J connectivity index is 2.64. The molecule has 0 aliphatic rings. The lowest BCUT2D eigenvalue weighted by atomic mass is 10.4. The first-order valence-corrected chi connectivity index (χ1v) is 8.82. The van der Waals surface area contributed by atoms with Gasteiger partial charge in [0.2, 0.25) is 10.0 Å². The van der Waals surface area contributed by atoms with Crippen molar-refractivity contribution in [2.75, 3.05) is 33.2 Å². The van der Waals surface area contributed by atoms with Gasteiger partial charge in [-0.05, 0) is 31.6 Å². The maximum Gasteiger partial charge on any atom is 0.241 e. The Kier molecular flexibility index (Phi) is 6.95. The van der Waals surface area contributed by atoms with Crippen molar-refractivity contribution in [1.82, 2.24) is 14.9 Å². The average Bonchev–Trinajstić information content (AvgIpc) is 2.85. The van der Waals surface area contributed by atoms with Crippen molar-refractivity contribution in [1.29, 1.82) is 0 Å². The van der Waals surface area contributed by atoms with Crippen molar-refractivity contribution < 1.29 is 8.42 Å². The minimum atomic E-state index is -3.39. The van der Waals surface area contributed by atoms with E-state index in [1.807, 2.05) is 26.3 Å². The molecule has 2 N–H and O–H groups in total. The molecule has 0 atom stereocenters. The number of sulfonamides is 1. The van der Waals surface area contributed by atoms with Crippen LogP contribution < -0.4 is 10.0 Å². The van der Waals surface area contributed by atoms with E-state index in [4.69, 9.17) is 0 Å². The molecular weight excluding hydrogens is 282 g/mol. The first-order valence-electron chi connectivity index (χ1n) is 6.46. The topological polar surface area (TPSA) is 61.4 Å². The highest BCUT2D eigenvalue weighted by Crippen LogP contribution is 2.21. The lowest BCUT2D eigenvalue weighted by Crippen LogP contribution is -2.33. The van der Waals surface area contributed by atoms with Crippen LogP contribution >= 0.6 is 11.3 Å². The van der Waals surface area contributed by atoms with Crippen molar-refractivity contribution in [3.05, 3.63) is 16.3 Å². The molecule has 110 valence electrons. The third-order valence-electron chi connectivity index (χ3n) is 2.86. The number of likely N-dealkylation sites (N-methyl/N-ethyl adjacent to an activating group) is 1. The highest BCUT2D eigenvalue weighted by Gasteiger charge is 2.18. The molecule has 0 aliphatic carbocycles. The predicted octanol–water partition coefficient (Wildman–Crippen LogP) is 1.09. The van der Waals surface area contributed by atoms with Crippen molar-refractivity contribution in [3.8, 4) is 0 Å². The molecule has 0 aliphatic heterocycles. The van der Waals surface area contributed by atoms with Gasteiger partial charge in [0.05, 0.1) is 4.90 Å². The Morgan fingerprint density at radius 2 is 2.11 bits per heavy atom. The molecule has 1 rings (SSSR count). The van der Waals surface area contributed by atoms with E-state index in [1.165, 1.54) is 11.3 Å². The summed E-state index contributed by atoms with van der Waals surface area (Å²) in [5, 5.41) is 4.98. The van der Waals surface area contributed by atoms with Crippen molar-refractivity contribution in [2.24, 2.45) is 0 Å². The fraction of sp³-hybridized carbons (Fsp3) is 0.667. The summed E-state index contributed by atoms with van der Waals surface area (Å²) in [6, 6.07) is 1.67. The fourth-order valence-corrected chi connectivity index (χ4v) is 3.97. The van der Waals surface area contributed by atoms with Crippen molar-refractivity contribution >= 4 is 21.4 Å². The van der Waals surface area contributed by atoms with Gasteiger partial charge in [-0.2, -0.15) is 0 Å². The molecule has 1 aromatic heterocycles. The monoisotopic (exact) mass is 305 g/mol. The van der Waals surface area contributed by atoms with E-state index in [0.29, 0.717) is 24.5 Å². The highest BCUT2D eigenvalue weighted by molar-refractivity contribution is 7.89. The summed E-state index contributed by atoms with van der Waals surface area (Å²) in [5.41, 5.74) is 0. The number of thiophene rings is 1. The Morgan fingerprint density at radius 3 is 2.74 bits per heavy atom. The van der Waals surface area contributed by atoms with Gasteiger partial charge >= 0.3 is 0 Å². The van der Waals surface area contributed by atoms with Gasteiger partial charge in [0.25, 0.3) is 0 Å². The number of hydrogen-bond donors (Lipinski definition) is 2. The molecule has 0 saturated carbocycles. The van der Waals surface area contributed by atoms with Crippen molar-refractivity contribution in [2.45, 2.75) is 25.3 Å². The third-order valence-corrected chi connectivity index (χ3v) is 5.45. The van der Waals surface area contributed by atoms with E-state index in [0.717, 1.165) is 18.0 Å². The van der Waals surface area contributed by atoms with E-state index in [-0.39, 0.29) is 0 Å². The first kappa shape index (κ1) is 16.6. The molecule has 0 unspecified atom stereocenters. The Labute approximate surface area is 120 Å². The zero-order valence-electron chi connectivity index (χ0n) is 11.8. The van der Waals surface area contributed by atoms with Crippen LogP contribution in [0.25, 0.3) is 0 Å². The van der Waals surface area contributed by atoms with E-state index in [1.54, 1.807) is 6.07 Å². The van der Waals surface area contributed by atoms with Crippen LogP contribution in [0.1, 0.15) is 18.7 Å². The van der Waals surface area contributed by atoms with Crippen LogP contribution in [-0.2, 0) is 16.6 Å². The molecule has 0 bridgehead atoms. The molecule has 0 radical (unpaired) electrons. The number of nitrogens with one attached hydrogen (secondary N) is 2. The molecular formula is C12H23N3O2S2. The van der Waals surface area contributed by atoms with E-state index in [2.05, 4.69) is 14.9 Å². The Hall–Kier alpha value is -0.470. The zero-order valence-corrected chi connectivity index (χ0v) is 13.4.